The molecule has 338 valence electrons. The van der Waals surface area contributed by atoms with Crippen molar-refractivity contribution in [2.24, 2.45) is 5.92 Å². The maximum absolute atomic E-state index is 12.7. The third-order valence-electron chi connectivity index (χ3n) is 11.5. The van der Waals surface area contributed by atoms with Crippen LogP contribution in [0.3, 0.4) is 0 Å². The molecule has 0 bridgehead atoms. The minimum absolute atomic E-state index is 0.0628. The zero-order valence-electron chi connectivity index (χ0n) is 38.8. The molecule has 0 unspecified atom stereocenters. The van der Waals surface area contributed by atoms with Crippen molar-refractivity contribution in [3.63, 3.8) is 0 Å². The standard InChI is InChI=1S/C51H98O6/c1-5-7-9-11-13-15-17-18-19-23-26-30-34-38-42-49(52)55-45-48(57-51(54)44-40-36-32-28-21-16-14-12-10-8-6-2)46-56-50(53)43-39-35-31-27-24-20-22-25-29-33-37-41-47(3)4/h47-48H,5-46H2,1-4H3/t48-/m0/s1. The van der Waals surface area contributed by atoms with Gasteiger partial charge in [0.1, 0.15) is 13.2 Å². The molecule has 0 radical (unpaired) electrons. The summed E-state index contributed by atoms with van der Waals surface area (Å²) in [4.78, 5) is 37.9. The maximum Gasteiger partial charge on any atom is 0.306 e. The van der Waals surface area contributed by atoms with Crippen LogP contribution in [0.5, 0.6) is 0 Å². The Labute approximate surface area is 355 Å². The average Bonchev–Trinajstić information content (AvgIpc) is 3.19. The van der Waals surface area contributed by atoms with Crippen LogP contribution < -0.4 is 0 Å². The van der Waals surface area contributed by atoms with Gasteiger partial charge in [-0.25, -0.2) is 0 Å². The van der Waals surface area contributed by atoms with Gasteiger partial charge in [0, 0.05) is 19.3 Å². The van der Waals surface area contributed by atoms with Crippen molar-refractivity contribution >= 4 is 17.9 Å². The van der Waals surface area contributed by atoms with Gasteiger partial charge in [-0.1, -0.05) is 246 Å². The first-order valence-electron chi connectivity index (χ1n) is 25.4. The number of hydrogen-bond acceptors (Lipinski definition) is 6. The Morgan fingerprint density at radius 3 is 0.860 bits per heavy atom. The minimum atomic E-state index is -0.760. The normalized spacial score (nSPS) is 11.9. The summed E-state index contributed by atoms with van der Waals surface area (Å²) in [6.07, 6.45) is 46.5. The summed E-state index contributed by atoms with van der Waals surface area (Å²) in [6.45, 7) is 9.01. The Kier molecular flexibility index (Phi) is 44.2. The summed E-state index contributed by atoms with van der Waals surface area (Å²) in [5, 5.41) is 0. The molecular weight excluding hydrogens is 709 g/mol. The van der Waals surface area contributed by atoms with Crippen molar-refractivity contribution in [3.05, 3.63) is 0 Å². The molecule has 1 atom stereocenters. The molecule has 0 spiro atoms. The highest BCUT2D eigenvalue weighted by molar-refractivity contribution is 5.71. The molecule has 6 heteroatoms. The van der Waals surface area contributed by atoms with Crippen LogP contribution in [-0.4, -0.2) is 37.2 Å². The van der Waals surface area contributed by atoms with Gasteiger partial charge >= 0.3 is 17.9 Å². The summed E-state index contributed by atoms with van der Waals surface area (Å²) in [7, 11) is 0. The molecule has 0 aromatic rings. The first-order chi connectivity index (χ1) is 27.9. The summed E-state index contributed by atoms with van der Waals surface area (Å²) in [6, 6.07) is 0. The van der Waals surface area contributed by atoms with Gasteiger partial charge in [0.2, 0.25) is 0 Å². The van der Waals surface area contributed by atoms with Crippen LogP contribution in [0.1, 0.15) is 285 Å². The summed E-state index contributed by atoms with van der Waals surface area (Å²) < 4.78 is 16.8. The van der Waals surface area contributed by atoms with E-state index in [-0.39, 0.29) is 31.1 Å². The van der Waals surface area contributed by atoms with Gasteiger partial charge in [0.25, 0.3) is 0 Å². The summed E-state index contributed by atoms with van der Waals surface area (Å²) in [5.74, 6) is -0.0193. The number of rotatable bonds is 46. The van der Waals surface area contributed by atoms with E-state index in [2.05, 4.69) is 27.7 Å². The molecule has 0 aromatic heterocycles. The van der Waals surface area contributed by atoms with Crippen LogP contribution in [-0.2, 0) is 28.6 Å². The largest absolute Gasteiger partial charge is 0.462 e. The fourth-order valence-corrected chi connectivity index (χ4v) is 7.69. The molecule has 0 aliphatic carbocycles. The Bertz CT molecular complexity index is 857. The van der Waals surface area contributed by atoms with E-state index in [1.165, 1.54) is 180 Å². The summed E-state index contributed by atoms with van der Waals surface area (Å²) in [5.41, 5.74) is 0. The lowest BCUT2D eigenvalue weighted by molar-refractivity contribution is -0.167. The average molecular weight is 807 g/mol. The van der Waals surface area contributed by atoms with Crippen LogP contribution in [0.25, 0.3) is 0 Å². The van der Waals surface area contributed by atoms with Gasteiger partial charge in [-0.3, -0.25) is 14.4 Å². The van der Waals surface area contributed by atoms with E-state index in [0.717, 1.165) is 63.7 Å². The Balaban J connectivity index is 4.30. The topological polar surface area (TPSA) is 78.9 Å². The summed E-state index contributed by atoms with van der Waals surface area (Å²) >= 11 is 0. The zero-order chi connectivity index (χ0) is 41.7. The van der Waals surface area contributed by atoms with Crippen molar-refractivity contribution in [2.45, 2.75) is 291 Å². The van der Waals surface area contributed by atoms with Crippen LogP contribution in [0, 0.1) is 5.92 Å². The number of esters is 3. The molecule has 0 heterocycles. The second kappa shape index (κ2) is 45.5. The number of unbranched alkanes of at least 4 members (excludes halogenated alkanes) is 33. The molecular formula is C51H98O6. The Hall–Kier alpha value is -1.59. The lowest BCUT2D eigenvalue weighted by atomic mass is 10.0. The monoisotopic (exact) mass is 807 g/mol. The highest BCUT2D eigenvalue weighted by Gasteiger charge is 2.19. The van der Waals surface area contributed by atoms with Gasteiger partial charge in [-0.2, -0.15) is 0 Å². The van der Waals surface area contributed by atoms with E-state index in [1.807, 2.05) is 0 Å². The van der Waals surface area contributed by atoms with Crippen LogP contribution >= 0.6 is 0 Å². The highest BCUT2D eigenvalue weighted by Crippen LogP contribution is 2.17. The fraction of sp³-hybridized carbons (Fsp3) is 0.941. The molecule has 0 aliphatic rings. The van der Waals surface area contributed by atoms with Crippen molar-refractivity contribution < 1.29 is 28.6 Å². The first-order valence-corrected chi connectivity index (χ1v) is 25.4. The van der Waals surface area contributed by atoms with E-state index in [4.69, 9.17) is 14.2 Å². The predicted octanol–water partition coefficient (Wildman–Crippen LogP) is 16.3. The molecule has 0 amide bonds. The van der Waals surface area contributed by atoms with Crippen molar-refractivity contribution in [2.75, 3.05) is 13.2 Å². The lowest BCUT2D eigenvalue weighted by Crippen LogP contribution is -2.30. The van der Waals surface area contributed by atoms with Crippen LogP contribution in [0.4, 0.5) is 0 Å². The van der Waals surface area contributed by atoms with E-state index >= 15 is 0 Å². The van der Waals surface area contributed by atoms with Gasteiger partial charge in [0.15, 0.2) is 6.10 Å². The van der Waals surface area contributed by atoms with E-state index < -0.39 is 6.10 Å². The molecule has 0 saturated heterocycles. The Morgan fingerprint density at radius 1 is 0.333 bits per heavy atom. The molecule has 0 fully saturated rings. The predicted molar refractivity (Wildman–Crippen MR) is 243 cm³/mol. The van der Waals surface area contributed by atoms with Crippen molar-refractivity contribution in [1.82, 2.24) is 0 Å². The molecule has 0 N–H and O–H groups in total. The number of hydrogen-bond donors (Lipinski definition) is 0. The smallest absolute Gasteiger partial charge is 0.306 e. The molecule has 57 heavy (non-hydrogen) atoms. The van der Waals surface area contributed by atoms with Gasteiger partial charge in [0.05, 0.1) is 0 Å². The zero-order valence-corrected chi connectivity index (χ0v) is 38.8. The lowest BCUT2D eigenvalue weighted by Gasteiger charge is -2.18. The third kappa shape index (κ3) is 45.3. The minimum Gasteiger partial charge on any atom is -0.462 e. The molecule has 6 nitrogen and oxygen atoms in total. The van der Waals surface area contributed by atoms with E-state index in [9.17, 15) is 14.4 Å². The van der Waals surface area contributed by atoms with Crippen molar-refractivity contribution in [3.8, 4) is 0 Å². The molecule has 0 saturated carbocycles. The van der Waals surface area contributed by atoms with Crippen LogP contribution in [0.2, 0.25) is 0 Å². The Morgan fingerprint density at radius 2 is 0.579 bits per heavy atom. The quantitative estimate of drug-likeness (QED) is 0.0346. The van der Waals surface area contributed by atoms with E-state index in [1.54, 1.807) is 0 Å². The van der Waals surface area contributed by atoms with Gasteiger partial charge < -0.3 is 14.2 Å². The van der Waals surface area contributed by atoms with Crippen LogP contribution in [0.15, 0.2) is 0 Å². The third-order valence-corrected chi connectivity index (χ3v) is 11.5. The SMILES string of the molecule is CCCCCCCCCCCCCCCCC(=O)OC[C@@H](COC(=O)CCCCCCCCCCCCCC(C)C)OC(=O)CCCCCCCCCCCCC. The highest BCUT2D eigenvalue weighted by atomic mass is 16.6. The number of carbonyl (C=O) groups is 3. The van der Waals surface area contributed by atoms with Gasteiger partial charge in [-0.15, -0.1) is 0 Å². The molecule has 0 aromatic carbocycles. The molecule has 0 rings (SSSR count). The van der Waals surface area contributed by atoms with E-state index in [0.29, 0.717) is 19.3 Å². The second-order valence-corrected chi connectivity index (χ2v) is 17.9. The first kappa shape index (κ1) is 55.4. The number of carbonyl (C=O) groups excluding carboxylic acids is 3. The number of ether oxygens (including phenoxy) is 3. The maximum atomic E-state index is 12.7. The van der Waals surface area contributed by atoms with Gasteiger partial charge in [-0.05, 0) is 25.2 Å². The second-order valence-electron chi connectivity index (χ2n) is 17.9. The molecule has 0 aliphatic heterocycles. The fourth-order valence-electron chi connectivity index (χ4n) is 7.69. The van der Waals surface area contributed by atoms with Crippen molar-refractivity contribution in [1.29, 1.82) is 0 Å².